The number of aromatic nitrogens is 6. The van der Waals surface area contributed by atoms with Crippen LogP contribution in [0.3, 0.4) is 0 Å². The Morgan fingerprint density at radius 3 is 2.67 bits per heavy atom. The Morgan fingerprint density at radius 2 is 1.87 bits per heavy atom. The molecular weight excluding hydrogens is 385 g/mol. The van der Waals surface area contributed by atoms with Crippen LogP contribution in [-0.4, -0.2) is 43.4 Å². The first-order chi connectivity index (χ1) is 14.5. The Morgan fingerprint density at radius 1 is 1.07 bits per heavy atom. The molecule has 5 rings (SSSR count). The highest BCUT2D eigenvalue weighted by Gasteiger charge is 2.23. The smallest absolute Gasteiger partial charge is 0.250 e. The largest absolute Gasteiger partial charge is 0.479 e. The molecular formula is C21H20FN7O. The highest BCUT2D eigenvalue weighted by Crippen LogP contribution is 2.30. The molecule has 0 aliphatic carbocycles. The van der Waals surface area contributed by atoms with Gasteiger partial charge in [0, 0.05) is 59.9 Å². The summed E-state index contributed by atoms with van der Waals surface area (Å²) in [6.45, 7) is 5.58. The van der Waals surface area contributed by atoms with Crippen LogP contribution in [0.2, 0.25) is 0 Å². The molecule has 0 bridgehead atoms. The Hall–Kier alpha value is -3.62. The van der Waals surface area contributed by atoms with E-state index in [2.05, 4.69) is 38.1 Å². The minimum atomic E-state index is -0.494. The van der Waals surface area contributed by atoms with Gasteiger partial charge in [-0.15, -0.1) is 15.3 Å². The fraction of sp³-hybridized carbons (Fsp3) is 0.286. The number of fused-ring (bicyclic) bond motifs is 2. The van der Waals surface area contributed by atoms with E-state index in [4.69, 9.17) is 9.84 Å². The maximum atomic E-state index is 14.1. The molecule has 4 aromatic rings. The van der Waals surface area contributed by atoms with E-state index in [1.54, 1.807) is 23.2 Å². The van der Waals surface area contributed by atoms with Gasteiger partial charge in [-0.3, -0.25) is 4.98 Å². The molecule has 152 valence electrons. The summed E-state index contributed by atoms with van der Waals surface area (Å²) in [6, 6.07) is 3.47. The number of hydrogen-bond donors (Lipinski definition) is 0. The lowest BCUT2D eigenvalue weighted by molar-refractivity contribution is 0.369. The van der Waals surface area contributed by atoms with E-state index in [0.29, 0.717) is 12.1 Å². The lowest BCUT2D eigenvalue weighted by Gasteiger charge is -2.30. The lowest BCUT2D eigenvalue weighted by Crippen LogP contribution is -2.32. The minimum Gasteiger partial charge on any atom is -0.479 e. The van der Waals surface area contributed by atoms with Crippen LogP contribution in [-0.2, 0) is 13.0 Å². The van der Waals surface area contributed by atoms with Gasteiger partial charge in [0.1, 0.15) is 6.33 Å². The molecule has 5 heterocycles. The average Bonchev–Trinajstić information content (AvgIpc) is 3.24. The first-order valence-electron chi connectivity index (χ1n) is 9.65. The summed E-state index contributed by atoms with van der Waals surface area (Å²) in [5.41, 5.74) is 6.55. The van der Waals surface area contributed by atoms with Crippen molar-refractivity contribution in [3.8, 4) is 17.0 Å². The van der Waals surface area contributed by atoms with Gasteiger partial charge >= 0.3 is 0 Å². The van der Waals surface area contributed by atoms with Crippen molar-refractivity contribution >= 4 is 11.5 Å². The highest BCUT2D eigenvalue weighted by molar-refractivity contribution is 5.64. The minimum absolute atomic E-state index is 0.0165. The van der Waals surface area contributed by atoms with Crippen molar-refractivity contribution in [1.82, 2.24) is 29.8 Å². The van der Waals surface area contributed by atoms with E-state index < -0.39 is 5.82 Å². The Bertz CT molecular complexity index is 1270. The molecule has 0 spiro atoms. The molecule has 30 heavy (non-hydrogen) atoms. The van der Waals surface area contributed by atoms with E-state index >= 15 is 0 Å². The van der Waals surface area contributed by atoms with Crippen LogP contribution < -0.4 is 9.64 Å². The molecule has 0 radical (unpaired) electrons. The third-order valence-corrected chi connectivity index (χ3v) is 5.64. The third kappa shape index (κ3) is 2.94. The van der Waals surface area contributed by atoms with Gasteiger partial charge in [-0.1, -0.05) is 0 Å². The Labute approximate surface area is 172 Å². The van der Waals surface area contributed by atoms with Gasteiger partial charge in [0.05, 0.1) is 7.11 Å². The number of hydrogen-bond acceptors (Lipinski definition) is 7. The second-order valence-corrected chi connectivity index (χ2v) is 7.39. The highest BCUT2D eigenvalue weighted by atomic mass is 19.1. The molecule has 0 N–H and O–H groups in total. The van der Waals surface area contributed by atoms with Crippen molar-refractivity contribution in [1.29, 1.82) is 0 Å². The van der Waals surface area contributed by atoms with Crippen LogP contribution in [0.15, 0.2) is 30.9 Å². The van der Waals surface area contributed by atoms with Crippen molar-refractivity contribution in [2.24, 2.45) is 0 Å². The van der Waals surface area contributed by atoms with E-state index in [9.17, 15) is 4.39 Å². The molecule has 8 nitrogen and oxygen atoms in total. The molecule has 9 heteroatoms. The van der Waals surface area contributed by atoms with Gasteiger partial charge in [0.2, 0.25) is 5.88 Å². The Kier molecular flexibility index (Phi) is 4.30. The monoisotopic (exact) mass is 405 g/mol. The van der Waals surface area contributed by atoms with Crippen LogP contribution in [0.5, 0.6) is 5.88 Å². The van der Waals surface area contributed by atoms with E-state index in [-0.39, 0.29) is 5.88 Å². The maximum absolute atomic E-state index is 14.1. The number of halogens is 1. The zero-order valence-electron chi connectivity index (χ0n) is 16.9. The summed E-state index contributed by atoms with van der Waals surface area (Å²) in [6.07, 6.45) is 5.80. The number of rotatable bonds is 3. The summed E-state index contributed by atoms with van der Waals surface area (Å²) in [4.78, 5) is 10.9. The van der Waals surface area contributed by atoms with Gasteiger partial charge in [-0.25, -0.2) is 9.37 Å². The van der Waals surface area contributed by atoms with Crippen molar-refractivity contribution < 1.29 is 9.13 Å². The topological polar surface area (TPSA) is 81.3 Å². The van der Waals surface area contributed by atoms with Gasteiger partial charge in [0.25, 0.3) is 0 Å². The first kappa shape index (κ1) is 18.4. The van der Waals surface area contributed by atoms with Crippen molar-refractivity contribution in [3.63, 3.8) is 0 Å². The van der Waals surface area contributed by atoms with Crippen LogP contribution in [0.25, 0.3) is 16.8 Å². The van der Waals surface area contributed by atoms with Crippen LogP contribution in [0, 0.1) is 19.7 Å². The third-order valence-electron chi connectivity index (χ3n) is 5.64. The number of aryl methyl sites for hydroxylation is 1. The summed E-state index contributed by atoms with van der Waals surface area (Å²) in [5, 5.41) is 12.8. The quantitative estimate of drug-likeness (QED) is 0.518. The first-order valence-corrected chi connectivity index (χ1v) is 9.65. The van der Waals surface area contributed by atoms with Crippen LogP contribution in [0.4, 0.5) is 10.2 Å². The van der Waals surface area contributed by atoms with Gasteiger partial charge < -0.3 is 9.64 Å². The standard InChI is InChI=1S/C21H20FN7O/c1-12-13(2)20(27-29-11-25-26-19(12)29)28-5-4-18-16(10-28)6-14(8-23-18)15-7-17(22)21(30-3)24-9-15/h6-9,11H,4-5,10H2,1-3H3. The summed E-state index contributed by atoms with van der Waals surface area (Å²) in [7, 11) is 1.40. The molecule has 4 aromatic heterocycles. The van der Waals surface area contributed by atoms with E-state index in [1.807, 2.05) is 6.92 Å². The van der Waals surface area contributed by atoms with Crippen molar-refractivity contribution in [2.45, 2.75) is 26.8 Å². The second-order valence-electron chi connectivity index (χ2n) is 7.39. The zero-order chi connectivity index (χ0) is 20.8. The molecule has 0 amide bonds. The predicted octanol–water partition coefficient (Wildman–Crippen LogP) is 2.91. The summed E-state index contributed by atoms with van der Waals surface area (Å²) in [5.74, 6) is 0.400. The average molecular weight is 405 g/mol. The lowest BCUT2D eigenvalue weighted by atomic mass is 10.0. The summed E-state index contributed by atoms with van der Waals surface area (Å²) < 4.78 is 20.7. The van der Waals surface area contributed by atoms with Crippen LogP contribution >= 0.6 is 0 Å². The maximum Gasteiger partial charge on any atom is 0.250 e. The normalized spacial score (nSPS) is 13.5. The molecule has 1 aliphatic heterocycles. The predicted molar refractivity (Wildman–Crippen MR) is 109 cm³/mol. The molecule has 1 aliphatic rings. The number of anilines is 1. The summed E-state index contributed by atoms with van der Waals surface area (Å²) >= 11 is 0. The van der Waals surface area contributed by atoms with Crippen LogP contribution in [0.1, 0.15) is 22.4 Å². The number of methoxy groups -OCH3 is 1. The second kappa shape index (κ2) is 7.01. The van der Waals surface area contributed by atoms with Crippen molar-refractivity contribution in [3.05, 3.63) is 59.1 Å². The van der Waals surface area contributed by atoms with Gasteiger partial charge in [-0.05, 0) is 31.5 Å². The number of nitrogens with zero attached hydrogens (tertiary/aromatic N) is 7. The fourth-order valence-electron chi connectivity index (χ4n) is 3.86. The zero-order valence-corrected chi connectivity index (χ0v) is 16.9. The fourth-order valence-corrected chi connectivity index (χ4v) is 3.86. The molecule has 0 saturated heterocycles. The molecule has 0 atom stereocenters. The number of ether oxygens (including phenoxy) is 1. The molecule has 0 unspecified atom stereocenters. The Balaban J connectivity index is 1.50. The van der Waals surface area contributed by atoms with E-state index in [0.717, 1.165) is 52.4 Å². The molecule has 0 aromatic carbocycles. The van der Waals surface area contributed by atoms with Crippen molar-refractivity contribution in [2.75, 3.05) is 18.6 Å². The van der Waals surface area contributed by atoms with Gasteiger partial charge in [-0.2, -0.15) is 4.52 Å². The van der Waals surface area contributed by atoms with E-state index in [1.165, 1.54) is 13.2 Å². The van der Waals surface area contributed by atoms with Gasteiger partial charge in [0.15, 0.2) is 17.3 Å². The SMILES string of the molecule is COc1ncc(-c2cnc3c(c2)CN(c2nn4cnnc4c(C)c2C)CC3)cc1F. The molecule has 0 fully saturated rings. The number of pyridine rings is 2. The molecule has 0 saturated carbocycles.